The van der Waals surface area contributed by atoms with Crippen LogP contribution in [0.4, 0.5) is 5.82 Å². The van der Waals surface area contributed by atoms with Gasteiger partial charge in [0.1, 0.15) is 5.82 Å². The summed E-state index contributed by atoms with van der Waals surface area (Å²) >= 11 is 3.44. The lowest BCUT2D eigenvalue weighted by Crippen LogP contribution is -1.98. The van der Waals surface area contributed by atoms with E-state index in [-0.39, 0.29) is 12.4 Å². The highest BCUT2D eigenvalue weighted by atomic mass is 79.9. The largest absolute Gasteiger partial charge is 0.383 e. The quantitative estimate of drug-likeness (QED) is 0.456. The van der Waals surface area contributed by atoms with Crippen molar-refractivity contribution in [2.24, 2.45) is 0 Å². The van der Waals surface area contributed by atoms with Gasteiger partial charge in [-0.25, -0.2) is 9.97 Å². The van der Waals surface area contributed by atoms with Gasteiger partial charge in [0, 0.05) is 20.8 Å². The fraction of sp³-hybridized carbons (Fsp3) is 0. The molecule has 4 aromatic rings. The minimum atomic E-state index is 0. The molecule has 4 rings (SSSR count). The molecular formula is C18H13BrClN3. The minimum Gasteiger partial charge on any atom is -0.383 e. The smallest absolute Gasteiger partial charge is 0.162 e. The number of halogens is 2. The minimum absolute atomic E-state index is 0. The Kier molecular flexibility index (Phi) is 4.20. The topological polar surface area (TPSA) is 51.8 Å². The molecule has 0 saturated carbocycles. The van der Waals surface area contributed by atoms with E-state index in [1.165, 1.54) is 0 Å². The normalized spacial score (nSPS) is 10.7. The van der Waals surface area contributed by atoms with E-state index in [9.17, 15) is 0 Å². The molecule has 0 unspecified atom stereocenters. The fourth-order valence-corrected chi connectivity index (χ4v) is 2.88. The first-order valence-electron chi connectivity index (χ1n) is 6.93. The van der Waals surface area contributed by atoms with Crippen LogP contribution in [0.25, 0.3) is 33.1 Å². The molecule has 0 fully saturated rings. The van der Waals surface area contributed by atoms with Gasteiger partial charge in [-0.15, -0.1) is 12.4 Å². The average molecular weight is 387 g/mol. The summed E-state index contributed by atoms with van der Waals surface area (Å²) in [5.41, 5.74) is 8.00. The van der Waals surface area contributed by atoms with Crippen LogP contribution in [0.3, 0.4) is 0 Å². The maximum absolute atomic E-state index is 6.15. The third-order valence-electron chi connectivity index (χ3n) is 3.72. The van der Waals surface area contributed by atoms with Crippen molar-refractivity contribution in [3.63, 3.8) is 0 Å². The van der Waals surface area contributed by atoms with Crippen molar-refractivity contribution in [3.05, 3.63) is 65.1 Å². The first-order valence-corrected chi connectivity index (χ1v) is 7.72. The molecule has 114 valence electrons. The molecule has 3 aromatic carbocycles. The standard InChI is InChI=1S/C18H12BrN3.ClH/c19-13-8-5-12(6-9-13)18-21-16-14-4-2-1-3-11(14)7-10-15(16)17(20)22-18;/h1-10H,(H2,20,21,22);1H. The summed E-state index contributed by atoms with van der Waals surface area (Å²) in [6.07, 6.45) is 0. The number of hydrogen-bond donors (Lipinski definition) is 1. The lowest BCUT2D eigenvalue weighted by atomic mass is 10.1. The highest BCUT2D eigenvalue weighted by Crippen LogP contribution is 2.29. The maximum Gasteiger partial charge on any atom is 0.162 e. The third kappa shape index (κ3) is 2.76. The average Bonchev–Trinajstić information content (AvgIpc) is 2.55. The van der Waals surface area contributed by atoms with Crippen molar-refractivity contribution in [3.8, 4) is 11.4 Å². The number of nitrogens with two attached hydrogens (primary N) is 1. The Morgan fingerprint density at radius 1 is 0.783 bits per heavy atom. The molecule has 3 nitrogen and oxygen atoms in total. The predicted molar refractivity (Wildman–Crippen MR) is 102 cm³/mol. The summed E-state index contributed by atoms with van der Waals surface area (Å²) in [4.78, 5) is 9.22. The lowest BCUT2D eigenvalue weighted by Gasteiger charge is -2.08. The second kappa shape index (κ2) is 6.14. The van der Waals surface area contributed by atoms with E-state index in [1.807, 2.05) is 42.5 Å². The molecule has 1 heterocycles. The summed E-state index contributed by atoms with van der Waals surface area (Å²) in [6.45, 7) is 0. The van der Waals surface area contributed by atoms with Gasteiger partial charge in [0.25, 0.3) is 0 Å². The zero-order valence-corrected chi connectivity index (χ0v) is 14.4. The molecule has 0 aliphatic heterocycles. The van der Waals surface area contributed by atoms with Gasteiger partial charge in [-0.3, -0.25) is 0 Å². The number of fused-ring (bicyclic) bond motifs is 3. The van der Waals surface area contributed by atoms with E-state index < -0.39 is 0 Å². The van der Waals surface area contributed by atoms with Crippen LogP contribution >= 0.6 is 28.3 Å². The number of aromatic nitrogens is 2. The Morgan fingerprint density at radius 2 is 1.52 bits per heavy atom. The summed E-state index contributed by atoms with van der Waals surface area (Å²) in [5.74, 6) is 1.16. The first-order chi connectivity index (χ1) is 10.7. The van der Waals surface area contributed by atoms with Crippen molar-refractivity contribution in [1.82, 2.24) is 9.97 Å². The molecule has 0 saturated heterocycles. The maximum atomic E-state index is 6.15. The van der Waals surface area contributed by atoms with Crippen LogP contribution in [0, 0.1) is 0 Å². The fourth-order valence-electron chi connectivity index (χ4n) is 2.62. The molecule has 0 spiro atoms. The van der Waals surface area contributed by atoms with Gasteiger partial charge in [0.05, 0.1) is 5.52 Å². The van der Waals surface area contributed by atoms with Gasteiger partial charge in [-0.2, -0.15) is 0 Å². The van der Waals surface area contributed by atoms with Crippen molar-refractivity contribution < 1.29 is 0 Å². The van der Waals surface area contributed by atoms with Crippen LogP contribution in [-0.2, 0) is 0 Å². The molecule has 0 amide bonds. The SMILES string of the molecule is Cl.Nc1nc(-c2ccc(Br)cc2)nc2c1ccc1ccccc12. The Morgan fingerprint density at radius 3 is 2.30 bits per heavy atom. The van der Waals surface area contributed by atoms with E-state index in [2.05, 4.69) is 39.1 Å². The van der Waals surface area contributed by atoms with Gasteiger partial charge in [0.15, 0.2) is 5.82 Å². The molecule has 0 radical (unpaired) electrons. The van der Waals surface area contributed by atoms with Crippen LogP contribution in [0.15, 0.2) is 65.1 Å². The van der Waals surface area contributed by atoms with Crippen molar-refractivity contribution in [2.45, 2.75) is 0 Å². The van der Waals surface area contributed by atoms with E-state index in [1.54, 1.807) is 0 Å². The molecule has 2 N–H and O–H groups in total. The second-order valence-electron chi connectivity index (χ2n) is 5.12. The van der Waals surface area contributed by atoms with E-state index >= 15 is 0 Å². The van der Waals surface area contributed by atoms with Crippen LogP contribution in [0.5, 0.6) is 0 Å². The highest BCUT2D eigenvalue weighted by molar-refractivity contribution is 9.10. The lowest BCUT2D eigenvalue weighted by molar-refractivity contribution is 1.24. The monoisotopic (exact) mass is 385 g/mol. The molecule has 1 aromatic heterocycles. The van der Waals surface area contributed by atoms with Crippen LogP contribution < -0.4 is 5.73 Å². The highest BCUT2D eigenvalue weighted by Gasteiger charge is 2.10. The van der Waals surface area contributed by atoms with E-state index in [0.29, 0.717) is 11.6 Å². The molecule has 0 atom stereocenters. The van der Waals surface area contributed by atoms with Gasteiger partial charge < -0.3 is 5.73 Å². The van der Waals surface area contributed by atoms with Gasteiger partial charge in [0.2, 0.25) is 0 Å². The van der Waals surface area contributed by atoms with Gasteiger partial charge in [-0.1, -0.05) is 58.4 Å². The summed E-state index contributed by atoms with van der Waals surface area (Å²) < 4.78 is 1.02. The number of nitrogens with zero attached hydrogens (tertiary/aromatic N) is 2. The molecule has 0 bridgehead atoms. The van der Waals surface area contributed by atoms with Crippen molar-refractivity contribution in [2.75, 3.05) is 5.73 Å². The Balaban J connectivity index is 0.00000156. The Labute approximate surface area is 148 Å². The number of rotatable bonds is 1. The number of hydrogen-bond acceptors (Lipinski definition) is 3. The van der Waals surface area contributed by atoms with Crippen LogP contribution in [-0.4, -0.2) is 9.97 Å². The number of nitrogen functional groups attached to an aromatic ring is 1. The molecule has 5 heteroatoms. The van der Waals surface area contributed by atoms with E-state index in [4.69, 9.17) is 10.7 Å². The van der Waals surface area contributed by atoms with Crippen molar-refractivity contribution >= 4 is 55.8 Å². The summed E-state index contributed by atoms with van der Waals surface area (Å²) in [7, 11) is 0. The predicted octanol–water partition coefficient (Wildman–Crippen LogP) is 5.22. The van der Waals surface area contributed by atoms with Crippen LogP contribution in [0.1, 0.15) is 0 Å². The van der Waals surface area contributed by atoms with Gasteiger partial charge in [-0.05, 0) is 23.6 Å². The van der Waals surface area contributed by atoms with Gasteiger partial charge >= 0.3 is 0 Å². The molecule has 0 aliphatic rings. The Bertz CT molecular complexity index is 1000. The zero-order chi connectivity index (χ0) is 15.1. The third-order valence-corrected chi connectivity index (χ3v) is 4.25. The zero-order valence-electron chi connectivity index (χ0n) is 12.0. The molecule has 0 aliphatic carbocycles. The van der Waals surface area contributed by atoms with Crippen molar-refractivity contribution in [1.29, 1.82) is 0 Å². The Hall–Kier alpha value is -2.17. The number of benzene rings is 3. The van der Waals surface area contributed by atoms with Crippen LogP contribution in [0.2, 0.25) is 0 Å². The van der Waals surface area contributed by atoms with E-state index in [0.717, 1.165) is 31.7 Å². The second-order valence-corrected chi connectivity index (χ2v) is 6.04. The molecular weight excluding hydrogens is 374 g/mol. The molecule has 23 heavy (non-hydrogen) atoms. The summed E-state index contributed by atoms with van der Waals surface area (Å²) in [5, 5.41) is 3.13. The summed E-state index contributed by atoms with van der Waals surface area (Å²) in [6, 6.07) is 20.1. The first kappa shape index (κ1) is 15.7. The number of anilines is 1.